The van der Waals surface area contributed by atoms with Crippen LogP contribution in [0.25, 0.3) is 0 Å². The van der Waals surface area contributed by atoms with E-state index in [4.69, 9.17) is 9.84 Å². The maximum Gasteiger partial charge on any atom is 0.339 e. The van der Waals surface area contributed by atoms with Gasteiger partial charge in [0.05, 0.1) is 6.61 Å². The van der Waals surface area contributed by atoms with E-state index >= 15 is 0 Å². The molecule has 0 aliphatic carbocycles. The third-order valence-electron chi connectivity index (χ3n) is 2.04. The smallest absolute Gasteiger partial charge is 0.339 e. The average Bonchev–Trinajstić information content (AvgIpc) is 2.16. The number of ether oxygens (including phenoxy) is 1. The van der Waals surface area contributed by atoms with E-state index in [1.807, 2.05) is 19.9 Å². The minimum atomic E-state index is -0.942. The highest BCUT2D eigenvalue weighted by Gasteiger charge is 2.16. The minimum Gasteiger partial charge on any atom is -0.493 e. The van der Waals surface area contributed by atoms with Crippen LogP contribution < -0.4 is 4.74 Å². The number of benzene rings is 1. The summed E-state index contributed by atoms with van der Waals surface area (Å²) >= 11 is 3.33. The normalized spacial score (nSPS) is 10.1. The zero-order valence-corrected chi connectivity index (χ0v) is 10.3. The SMILES string of the molecule is CCOc1cc(Br)cc(CC)c1C(=O)O. The number of carboxylic acid groups (broad SMARTS) is 1. The molecule has 4 heteroatoms. The molecule has 0 radical (unpaired) electrons. The number of aryl methyl sites for hydroxylation is 1. The second kappa shape index (κ2) is 5.16. The molecule has 0 aromatic heterocycles. The van der Waals surface area contributed by atoms with Crippen molar-refractivity contribution in [1.82, 2.24) is 0 Å². The van der Waals surface area contributed by atoms with Gasteiger partial charge in [-0.15, -0.1) is 0 Å². The molecule has 0 saturated heterocycles. The van der Waals surface area contributed by atoms with E-state index in [-0.39, 0.29) is 5.56 Å². The Morgan fingerprint density at radius 2 is 2.13 bits per heavy atom. The lowest BCUT2D eigenvalue weighted by Gasteiger charge is -2.11. The molecule has 82 valence electrons. The van der Waals surface area contributed by atoms with Gasteiger partial charge < -0.3 is 9.84 Å². The third kappa shape index (κ3) is 2.72. The Kier molecular flexibility index (Phi) is 4.15. The molecule has 0 unspecified atom stereocenters. The molecule has 1 N–H and O–H groups in total. The van der Waals surface area contributed by atoms with Crippen molar-refractivity contribution in [3.63, 3.8) is 0 Å². The molecule has 0 aliphatic rings. The van der Waals surface area contributed by atoms with Crippen molar-refractivity contribution >= 4 is 21.9 Å². The maximum absolute atomic E-state index is 11.1. The van der Waals surface area contributed by atoms with Gasteiger partial charge in [0.1, 0.15) is 11.3 Å². The summed E-state index contributed by atoms with van der Waals surface area (Å²) in [6, 6.07) is 3.50. The van der Waals surface area contributed by atoms with E-state index in [1.54, 1.807) is 6.07 Å². The Hall–Kier alpha value is -1.03. The van der Waals surface area contributed by atoms with Gasteiger partial charge in [-0.1, -0.05) is 22.9 Å². The Balaban J connectivity index is 3.33. The van der Waals surface area contributed by atoms with Gasteiger partial charge in [0, 0.05) is 4.47 Å². The predicted molar refractivity (Wildman–Crippen MR) is 61.6 cm³/mol. The summed E-state index contributed by atoms with van der Waals surface area (Å²) < 4.78 is 6.15. The first-order chi connectivity index (χ1) is 7.10. The van der Waals surface area contributed by atoms with Gasteiger partial charge in [-0.3, -0.25) is 0 Å². The topological polar surface area (TPSA) is 46.5 Å². The quantitative estimate of drug-likeness (QED) is 0.916. The van der Waals surface area contributed by atoms with E-state index < -0.39 is 5.97 Å². The van der Waals surface area contributed by atoms with E-state index in [2.05, 4.69) is 15.9 Å². The van der Waals surface area contributed by atoms with E-state index in [0.29, 0.717) is 18.8 Å². The first-order valence-corrected chi connectivity index (χ1v) is 5.57. The number of carboxylic acids is 1. The van der Waals surface area contributed by atoms with E-state index in [0.717, 1.165) is 10.0 Å². The number of hydrogen-bond donors (Lipinski definition) is 1. The highest BCUT2D eigenvalue weighted by molar-refractivity contribution is 9.10. The lowest BCUT2D eigenvalue weighted by Crippen LogP contribution is -2.06. The molecule has 0 atom stereocenters. The van der Waals surface area contributed by atoms with Crippen LogP contribution >= 0.6 is 15.9 Å². The fourth-order valence-electron chi connectivity index (χ4n) is 1.43. The van der Waals surface area contributed by atoms with Gasteiger partial charge in [0.25, 0.3) is 0 Å². The molecular weight excluding hydrogens is 260 g/mol. The second-order valence-electron chi connectivity index (χ2n) is 3.03. The highest BCUT2D eigenvalue weighted by Crippen LogP contribution is 2.28. The summed E-state index contributed by atoms with van der Waals surface area (Å²) in [5.41, 5.74) is 1.04. The summed E-state index contributed by atoms with van der Waals surface area (Å²) in [6.07, 6.45) is 0.668. The van der Waals surface area contributed by atoms with Crippen LogP contribution in [0.2, 0.25) is 0 Å². The summed E-state index contributed by atoms with van der Waals surface area (Å²) in [4.78, 5) is 11.1. The molecule has 0 fully saturated rings. The van der Waals surface area contributed by atoms with Crippen LogP contribution in [0.4, 0.5) is 0 Å². The number of hydrogen-bond acceptors (Lipinski definition) is 2. The second-order valence-corrected chi connectivity index (χ2v) is 3.95. The Morgan fingerprint density at radius 1 is 1.47 bits per heavy atom. The number of halogens is 1. The molecule has 0 heterocycles. The van der Waals surface area contributed by atoms with Gasteiger partial charge in [0.15, 0.2) is 0 Å². The maximum atomic E-state index is 11.1. The Bertz CT molecular complexity index is 374. The summed E-state index contributed by atoms with van der Waals surface area (Å²) in [7, 11) is 0. The van der Waals surface area contributed by atoms with Crippen molar-refractivity contribution in [2.45, 2.75) is 20.3 Å². The van der Waals surface area contributed by atoms with Crippen LogP contribution in [0.1, 0.15) is 29.8 Å². The van der Waals surface area contributed by atoms with Crippen molar-refractivity contribution in [2.75, 3.05) is 6.61 Å². The molecule has 0 aliphatic heterocycles. The third-order valence-corrected chi connectivity index (χ3v) is 2.50. The number of rotatable bonds is 4. The first-order valence-electron chi connectivity index (χ1n) is 4.78. The van der Waals surface area contributed by atoms with Gasteiger partial charge >= 0.3 is 5.97 Å². The molecule has 0 amide bonds. The molecule has 0 bridgehead atoms. The van der Waals surface area contributed by atoms with Crippen LogP contribution in [0, 0.1) is 0 Å². The van der Waals surface area contributed by atoms with Crippen molar-refractivity contribution in [2.24, 2.45) is 0 Å². The molecular formula is C11H13BrO3. The monoisotopic (exact) mass is 272 g/mol. The summed E-state index contributed by atoms with van der Waals surface area (Å²) in [6.45, 7) is 4.21. The molecule has 1 aromatic carbocycles. The van der Waals surface area contributed by atoms with Crippen LogP contribution in [0.15, 0.2) is 16.6 Å². The molecule has 0 saturated carbocycles. The highest BCUT2D eigenvalue weighted by atomic mass is 79.9. The standard InChI is InChI=1S/C11H13BrO3/c1-3-7-5-8(12)6-9(15-4-2)10(7)11(13)14/h5-6H,3-4H2,1-2H3,(H,13,14). The summed E-state index contributed by atoms with van der Waals surface area (Å²) in [5.74, 6) is -0.515. The number of aromatic carboxylic acids is 1. The molecule has 1 rings (SSSR count). The lowest BCUT2D eigenvalue weighted by atomic mass is 10.0. The van der Waals surface area contributed by atoms with Gasteiger partial charge in [-0.2, -0.15) is 0 Å². The minimum absolute atomic E-state index is 0.266. The molecule has 0 spiro atoms. The lowest BCUT2D eigenvalue weighted by molar-refractivity contribution is 0.0691. The Labute approximate surface area is 97.2 Å². The fourth-order valence-corrected chi connectivity index (χ4v) is 1.91. The molecule has 3 nitrogen and oxygen atoms in total. The van der Waals surface area contributed by atoms with Crippen molar-refractivity contribution in [3.05, 3.63) is 27.7 Å². The van der Waals surface area contributed by atoms with Crippen LogP contribution in [-0.2, 0) is 6.42 Å². The first kappa shape index (κ1) is 12.0. The summed E-state index contributed by atoms with van der Waals surface area (Å²) in [5, 5.41) is 9.10. The van der Waals surface area contributed by atoms with Crippen LogP contribution in [-0.4, -0.2) is 17.7 Å². The molecule has 1 aromatic rings. The fraction of sp³-hybridized carbons (Fsp3) is 0.364. The molecule has 15 heavy (non-hydrogen) atoms. The largest absolute Gasteiger partial charge is 0.493 e. The van der Waals surface area contributed by atoms with Crippen molar-refractivity contribution in [3.8, 4) is 5.75 Å². The number of carbonyl (C=O) groups is 1. The van der Waals surface area contributed by atoms with Crippen LogP contribution in [0.3, 0.4) is 0 Å². The van der Waals surface area contributed by atoms with E-state index in [9.17, 15) is 4.79 Å². The predicted octanol–water partition coefficient (Wildman–Crippen LogP) is 3.11. The zero-order valence-electron chi connectivity index (χ0n) is 8.71. The van der Waals surface area contributed by atoms with E-state index in [1.165, 1.54) is 0 Å². The van der Waals surface area contributed by atoms with Crippen LogP contribution in [0.5, 0.6) is 5.75 Å². The Morgan fingerprint density at radius 3 is 2.60 bits per heavy atom. The van der Waals surface area contributed by atoms with Gasteiger partial charge in [-0.05, 0) is 31.0 Å². The van der Waals surface area contributed by atoms with Gasteiger partial charge in [0.2, 0.25) is 0 Å². The van der Waals surface area contributed by atoms with Crippen molar-refractivity contribution in [1.29, 1.82) is 0 Å². The van der Waals surface area contributed by atoms with Gasteiger partial charge in [-0.25, -0.2) is 4.79 Å². The average molecular weight is 273 g/mol. The van der Waals surface area contributed by atoms with Crippen molar-refractivity contribution < 1.29 is 14.6 Å². The zero-order chi connectivity index (χ0) is 11.4.